The molecular formula is C4H4BF3N3O2-. The Morgan fingerprint density at radius 2 is 2.23 bits per heavy atom. The number of nitro groups is 1. The molecule has 0 unspecified atom stereocenters. The zero-order chi connectivity index (χ0) is 10.1. The van der Waals surface area contributed by atoms with Crippen molar-refractivity contribution in [2.24, 2.45) is 0 Å². The van der Waals surface area contributed by atoms with Crippen molar-refractivity contribution in [3.05, 3.63) is 22.4 Å². The van der Waals surface area contributed by atoms with Crippen LogP contribution in [0.25, 0.3) is 0 Å². The van der Waals surface area contributed by atoms with E-state index in [-0.39, 0.29) is 0 Å². The fourth-order valence-corrected chi connectivity index (χ4v) is 0.762. The summed E-state index contributed by atoms with van der Waals surface area (Å²) >= 11 is 0. The maximum Gasteiger partial charge on any atom is 0.501 e. The van der Waals surface area contributed by atoms with Gasteiger partial charge in [0, 0.05) is 6.44 Å². The van der Waals surface area contributed by atoms with Crippen LogP contribution in [0.1, 0.15) is 0 Å². The smallest absolute Gasteiger partial charge is 0.448 e. The predicted octanol–water partition coefficient (Wildman–Crippen LogP) is 1.18. The highest BCUT2D eigenvalue weighted by molar-refractivity contribution is 6.57. The molecule has 0 aromatic carbocycles. The van der Waals surface area contributed by atoms with Crippen LogP contribution in [-0.4, -0.2) is 21.7 Å². The van der Waals surface area contributed by atoms with Crippen LogP contribution in [0, 0.1) is 10.1 Å². The predicted molar refractivity (Wildman–Crippen MR) is 38.0 cm³/mol. The Labute approximate surface area is 70.4 Å². The van der Waals surface area contributed by atoms with Crippen molar-refractivity contribution < 1.29 is 17.9 Å². The maximum absolute atomic E-state index is 11.8. The normalized spacial score (nSPS) is 11.6. The van der Waals surface area contributed by atoms with Gasteiger partial charge in [0.2, 0.25) is 0 Å². The summed E-state index contributed by atoms with van der Waals surface area (Å²) in [4.78, 5) is 9.19. The highest BCUT2D eigenvalue weighted by Crippen LogP contribution is 2.12. The van der Waals surface area contributed by atoms with E-state index >= 15 is 0 Å². The second-order valence-electron chi connectivity index (χ2n) is 2.36. The zero-order valence-electron chi connectivity index (χ0n) is 6.23. The van der Waals surface area contributed by atoms with E-state index in [2.05, 4.69) is 5.10 Å². The number of halogens is 3. The first-order valence-electron chi connectivity index (χ1n) is 3.27. The Hall–Kier alpha value is -1.54. The van der Waals surface area contributed by atoms with Gasteiger partial charge in [0.05, 0.1) is 17.4 Å². The van der Waals surface area contributed by atoms with Crippen LogP contribution < -0.4 is 0 Å². The minimum atomic E-state index is -5.01. The van der Waals surface area contributed by atoms with Crippen molar-refractivity contribution in [3.63, 3.8) is 0 Å². The molecule has 5 nitrogen and oxygen atoms in total. The van der Waals surface area contributed by atoms with E-state index < -0.39 is 24.2 Å². The standard InChI is InChI=1S/C4H4BF3N3O2/c6-5(7,8)3-10-2-1-4(9-10)11(12)13/h1-2H,3H2/q-1. The summed E-state index contributed by atoms with van der Waals surface area (Å²) in [5.41, 5.74) is 0. The molecule has 1 aromatic rings. The van der Waals surface area contributed by atoms with Crippen LogP contribution in [0.4, 0.5) is 18.8 Å². The van der Waals surface area contributed by atoms with Crippen LogP contribution in [0.3, 0.4) is 0 Å². The molecule has 0 radical (unpaired) electrons. The second-order valence-corrected chi connectivity index (χ2v) is 2.36. The summed E-state index contributed by atoms with van der Waals surface area (Å²) in [6.07, 6.45) is -0.332. The molecule has 0 aliphatic rings. The minimum Gasteiger partial charge on any atom is -0.448 e. The van der Waals surface area contributed by atoms with Gasteiger partial charge in [0.1, 0.15) is 0 Å². The molecule has 72 valence electrons. The van der Waals surface area contributed by atoms with Crippen LogP contribution in [0.2, 0.25) is 0 Å². The quantitative estimate of drug-likeness (QED) is 0.412. The van der Waals surface area contributed by atoms with Crippen LogP contribution in [-0.2, 0) is 6.44 Å². The average Bonchev–Trinajstić information content (AvgIpc) is 2.31. The molecule has 0 spiro atoms. The molecule has 1 rings (SSSR count). The summed E-state index contributed by atoms with van der Waals surface area (Å²) in [5.74, 6) is -0.583. The van der Waals surface area contributed by atoms with Gasteiger partial charge in [0.15, 0.2) is 0 Å². The molecule has 0 saturated carbocycles. The molecular weight excluding hydrogens is 190 g/mol. The van der Waals surface area contributed by atoms with E-state index in [4.69, 9.17) is 0 Å². The molecule has 13 heavy (non-hydrogen) atoms. The third-order valence-electron chi connectivity index (χ3n) is 1.21. The average molecular weight is 194 g/mol. The van der Waals surface area contributed by atoms with Crippen molar-refractivity contribution in [1.29, 1.82) is 0 Å². The summed E-state index contributed by atoms with van der Waals surface area (Å²) < 4.78 is 35.8. The van der Waals surface area contributed by atoms with E-state index in [1.807, 2.05) is 0 Å². The molecule has 0 aliphatic carbocycles. The van der Waals surface area contributed by atoms with Gasteiger partial charge in [0.25, 0.3) is 0 Å². The van der Waals surface area contributed by atoms with Gasteiger partial charge in [-0.25, -0.2) is 4.68 Å². The fourth-order valence-electron chi connectivity index (χ4n) is 0.762. The lowest BCUT2D eigenvalue weighted by Crippen LogP contribution is -2.24. The van der Waals surface area contributed by atoms with Gasteiger partial charge in [-0.15, -0.1) is 0 Å². The number of hydrogen-bond acceptors (Lipinski definition) is 3. The number of nitrogens with zero attached hydrogens (tertiary/aromatic N) is 3. The van der Waals surface area contributed by atoms with Gasteiger partial charge in [-0.3, -0.25) is 0 Å². The molecule has 0 aliphatic heterocycles. The first-order chi connectivity index (χ1) is 5.88. The Morgan fingerprint density at radius 3 is 2.62 bits per heavy atom. The molecule has 1 heterocycles. The Morgan fingerprint density at radius 1 is 1.62 bits per heavy atom. The maximum atomic E-state index is 11.8. The Balaban J connectivity index is 2.75. The second kappa shape index (κ2) is 3.07. The molecule has 9 heteroatoms. The SMILES string of the molecule is O=[N+]([O-])c1ccn(C[B-](F)(F)F)n1. The number of hydrogen-bond donors (Lipinski definition) is 0. The fraction of sp³-hybridized carbons (Fsp3) is 0.250. The van der Waals surface area contributed by atoms with Crippen molar-refractivity contribution in [3.8, 4) is 0 Å². The van der Waals surface area contributed by atoms with E-state index in [1.165, 1.54) is 0 Å². The summed E-state index contributed by atoms with van der Waals surface area (Å²) in [6, 6.07) is 0.918. The first-order valence-corrected chi connectivity index (χ1v) is 3.27. The van der Waals surface area contributed by atoms with Crippen LogP contribution >= 0.6 is 0 Å². The lowest BCUT2D eigenvalue weighted by molar-refractivity contribution is -0.389. The molecule has 0 atom stereocenters. The van der Waals surface area contributed by atoms with Gasteiger partial charge in [-0.2, -0.15) is 0 Å². The van der Waals surface area contributed by atoms with E-state index in [9.17, 15) is 23.1 Å². The first kappa shape index (κ1) is 9.55. The molecule has 0 bridgehead atoms. The Kier molecular flexibility index (Phi) is 2.26. The lowest BCUT2D eigenvalue weighted by atomic mass is 9.93. The highest BCUT2D eigenvalue weighted by Gasteiger charge is 2.26. The summed E-state index contributed by atoms with van der Waals surface area (Å²) in [5, 5.41) is 13.1. The minimum absolute atomic E-state index is 0.498. The highest BCUT2D eigenvalue weighted by atomic mass is 19.4. The summed E-state index contributed by atoms with van der Waals surface area (Å²) in [7, 11) is 0. The monoisotopic (exact) mass is 194 g/mol. The number of rotatable bonds is 3. The van der Waals surface area contributed by atoms with E-state index in [1.54, 1.807) is 0 Å². The van der Waals surface area contributed by atoms with Gasteiger partial charge in [-0.05, 0) is 4.92 Å². The van der Waals surface area contributed by atoms with Gasteiger partial charge in [-0.1, -0.05) is 0 Å². The number of aromatic nitrogens is 2. The molecule has 0 saturated heterocycles. The molecule has 1 aromatic heterocycles. The van der Waals surface area contributed by atoms with Gasteiger partial charge >= 0.3 is 12.8 Å². The van der Waals surface area contributed by atoms with E-state index in [0.29, 0.717) is 4.68 Å². The van der Waals surface area contributed by atoms with Crippen LogP contribution in [0.5, 0.6) is 0 Å². The largest absolute Gasteiger partial charge is 0.501 e. The summed E-state index contributed by atoms with van der Waals surface area (Å²) in [6.45, 7) is -5.01. The van der Waals surface area contributed by atoms with Crippen molar-refractivity contribution in [2.75, 3.05) is 0 Å². The molecule has 0 amide bonds. The van der Waals surface area contributed by atoms with Gasteiger partial charge < -0.3 is 23.1 Å². The van der Waals surface area contributed by atoms with Crippen molar-refractivity contribution >= 4 is 12.8 Å². The third-order valence-corrected chi connectivity index (χ3v) is 1.21. The van der Waals surface area contributed by atoms with Crippen molar-refractivity contribution in [2.45, 2.75) is 6.44 Å². The van der Waals surface area contributed by atoms with E-state index in [0.717, 1.165) is 12.3 Å². The molecule has 0 N–H and O–H groups in total. The lowest BCUT2D eigenvalue weighted by Gasteiger charge is -2.09. The zero-order valence-corrected chi connectivity index (χ0v) is 6.23. The van der Waals surface area contributed by atoms with Crippen molar-refractivity contribution in [1.82, 2.24) is 9.78 Å². The Bertz CT molecular complexity index is 323. The van der Waals surface area contributed by atoms with Crippen LogP contribution in [0.15, 0.2) is 12.3 Å². The topological polar surface area (TPSA) is 61.0 Å². The third kappa shape index (κ3) is 2.77. The molecule has 0 fully saturated rings.